The zero-order chi connectivity index (χ0) is 35.3. The van der Waals surface area contributed by atoms with Crippen LogP contribution in [-0.2, 0) is 20.8 Å². The molecule has 6 rings (SSSR count). The third-order valence-corrected chi connectivity index (χ3v) is 10.5. The van der Waals surface area contributed by atoms with Crippen molar-refractivity contribution in [3.8, 4) is 28.7 Å². The number of aliphatic hydroxyl groups excluding tert-OH is 1. The van der Waals surface area contributed by atoms with Gasteiger partial charge in [0, 0.05) is 30.2 Å². The Bertz CT molecular complexity index is 1730. The Morgan fingerprint density at radius 1 is 0.980 bits per heavy atom. The number of likely N-dealkylation sites (tertiary alicyclic amines) is 1. The number of nitrogens with zero attached hydrogens (tertiary/aromatic N) is 1. The lowest BCUT2D eigenvalue weighted by molar-refractivity contribution is -0.168. The fourth-order valence-electron chi connectivity index (χ4n) is 7.82. The van der Waals surface area contributed by atoms with E-state index in [4.69, 9.17) is 23.7 Å². The van der Waals surface area contributed by atoms with Gasteiger partial charge < -0.3 is 49.2 Å². The molecule has 7 atom stereocenters. The highest BCUT2D eigenvalue weighted by molar-refractivity contribution is 5.87. The standard InChI is InChI=1S/C37H44N2O10/c1-7-35(2,43)34(42)38-28-14-11-17-39(28)32(40)31-29(21-12-9-8-10-13-21)37(22-15-16-24(46-4)25(18-22)47-5)33(41)36(31,44)30-26(48-6)19-23(45-3)20-27(30)49-37/h8-10,12-13,15-16,18-20,28-29,31,33,41,43-44H,7,11,14,17H2,1-6H3,(H,38,42)/t28-,29+,31-,33+,35+,36-,37-/m0/s1. The topological polar surface area (TPSA) is 156 Å². The van der Waals surface area contributed by atoms with E-state index in [2.05, 4.69) is 5.32 Å². The highest BCUT2D eigenvalue weighted by atomic mass is 16.5. The van der Waals surface area contributed by atoms with Gasteiger partial charge in [-0.2, -0.15) is 0 Å². The summed E-state index contributed by atoms with van der Waals surface area (Å²) in [6, 6.07) is 17.4. The van der Waals surface area contributed by atoms with Crippen molar-refractivity contribution in [1.29, 1.82) is 0 Å². The third-order valence-electron chi connectivity index (χ3n) is 10.5. The molecule has 0 aromatic heterocycles. The summed E-state index contributed by atoms with van der Waals surface area (Å²) >= 11 is 0. The van der Waals surface area contributed by atoms with Crippen LogP contribution in [0, 0.1) is 5.92 Å². The van der Waals surface area contributed by atoms with Crippen molar-refractivity contribution < 1.29 is 48.6 Å². The van der Waals surface area contributed by atoms with Crippen molar-refractivity contribution in [3.05, 3.63) is 77.4 Å². The normalized spacial score (nSPS) is 28.1. The van der Waals surface area contributed by atoms with Crippen molar-refractivity contribution in [1.82, 2.24) is 10.2 Å². The lowest BCUT2D eigenvalue weighted by Gasteiger charge is -2.45. The van der Waals surface area contributed by atoms with Crippen LogP contribution in [0.1, 0.15) is 55.7 Å². The molecule has 12 nitrogen and oxygen atoms in total. The Labute approximate surface area is 285 Å². The highest BCUT2D eigenvalue weighted by Crippen LogP contribution is 2.68. The second-order valence-corrected chi connectivity index (χ2v) is 13.1. The summed E-state index contributed by atoms with van der Waals surface area (Å²) < 4.78 is 29.4. The van der Waals surface area contributed by atoms with E-state index in [1.165, 1.54) is 40.3 Å². The lowest BCUT2D eigenvalue weighted by Crippen LogP contribution is -2.57. The van der Waals surface area contributed by atoms with E-state index in [9.17, 15) is 20.1 Å². The first-order chi connectivity index (χ1) is 23.4. The number of nitrogens with one attached hydrogen (secondary N) is 1. The number of amides is 2. The molecule has 0 spiro atoms. The van der Waals surface area contributed by atoms with E-state index in [0.717, 1.165) is 0 Å². The quantitative estimate of drug-likeness (QED) is 0.252. The molecule has 0 unspecified atom stereocenters. The molecular weight excluding hydrogens is 632 g/mol. The second-order valence-electron chi connectivity index (χ2n) is 13.1. The van der Waals surface area contributed by atoms with Gasteiger partial charge in [0.2, 0.25) is 5.91 Å². The first-order valence-corrected chi connectivity index (χ1v) is 16.4. The molecule has 2 heterocycles. The molecule has 49 heavy (non-hydrogen) atoms. The summed E-state index contributed by atoms with van der Waals surface area (Å²) in [5.41, 5.74) is -4.52. The van der Waals surface area contributed by atoms with Crippen LogP contribution in [0.3, 0.4) is 0 Å². The third kappa shape index (κ3) is 5.15. The minimum atomic E-state index is -2.28. The van der Waals surface area contributed by atoms with E-state index in [0.29, 0.717) is 41.2 Å². The van der Waals surface area contributed by atoms with Gasteiger partial charge >= 0.3 is 0 Å². The number of aliphatic hydroxyl groups is 3. The molecule has 0 radical (unpaired) electrons. The number of ether oxygens (including phenoxy) is 5. The van der Waals surface area contributed by atoms with Gasteiger partial charge in [-0.1, -0.05) is 43.3 Å². The van der Waals surface area contributed by atoms with Crippen LogP contribution in [0.5, 0.6) is 28.7 Å². The zero-order valence-electron chi connectivity index (χ0n) is 28.6. The van der Waals surface area contributed by atoms with Crippen LogP contribution in [0.15, 0.2) is 60.7 Å². The fraction of sp³-hybridized carbons (Fsp3) is 0.459. The summed E-state index contributed by atoms with van der Waals surface area (Å²) in [6.45, 7) is 3.40. The summed E-state index contributed by atoms with van der Waals surface area (Å²) in [5.74, 6) is -1.96. The van der Waals surface area contributed by atoms with Crippen molar-refractivity contribution in [2.45, 2.75) is 68.1 Å². The average molecular weight is 677 g/mol. The molecule has 3 aromatic carbocycles. The molecule has 12 heteroatoms. The Morgan fingerprint density at radius 3 is 2.31 bits per heavy atom. The minimum Gasteiger partial charge on any atom is -0.496 e. The summed E-state index contributed by atoms with van der Waals surface area (Å²) in [7, 11) is 5.92. The molecule has 2 fully saturated rings. The van der Waals surface area contributed by atoms with Crippen molar-refractivity contribution in [2.24, 2.45) is 5.92 Å². The molecule has 3 aliphatic rings. The minimum absolute atomic E-state index is 0.102. The molecular formula is C37H44N2O10. The maximum atomic E-state index is 15.2. The summed E-state index contributed by atoms with van der Waals surface area (Å²) in [4.78, 5) is 29.9. The molecule has 3 aromatic rings. The van der Waals surface area contributed by atoms with E-state index in [1.807, 2.05) is 30.3 Å². The number of carbonyl (C=O) groups excluding carboxylic acids is 2. The summed E-state index contributed by atoms with van der Waals surface area (Å²) in [6.07, 6.45) is -1.29. The largest absolute Gasteiger partial charge is 0.496 e. The predicted molar refractivity (Wildman–Crippen MR) is 178 cm³/mol. The Morgan fingerprint density at radius 2 is 1.67 bits per heavy atom. The van der Waals surface area contributed by atoms with Crippen molar-refractivity contribution in [2.75, 3.05) is 35.0 Å². The van der Waals surface area contributed by atoms with E-state index >= 15 is 4.79 Å². The van der Waals surface area contributed by atoms with Gasteiger partial charge in [-0.3, -0.25) is 9.59 Å². The highest BCUT2D eigenvalue weighted by Gasteiger charge is 2.76. The van der Waals surface area contributed by atoms with Gasteiger partial charge in [0.25, 0.3) is 5.91 Å². The van der Waals surface area contributed by atoms with Crippen molar-refractivity contribution in [3.63, 3.8) is 0 Å². The number of carbonyl (C=O) groups is 2. The van der Waals surface area contributed by atoms with Crippen LogP contribution in [0.25, 0.3) is 0 Å². The summed E-state index contributed by atoms with van der Waals surface area (Å²) in [5, 5.41) is 39.5. The molecule has 1 aliphatic carbocycles. The predicted octanol–water partition coefficient (Wildman–Crippen LogP) is 3.20. The molecule has 4 N–H and O–H groups in total. The van der Waals surface area contributed by atoms with Crippen LogP contribution in [0.2, 0.25) is 0 Å². The lowest BCUT2D eigenvalue weighted by atomic mass is 9.75. The van der Waals surface area contributed by atoms with Crippen LogP contribution >= 0.6 is 0 Å². The van der Waals surface area contributed by atoms with E-state index in [-0.39, 0.29) is 30.0 Å². The average Bonchev–Trinajstić information content (AvgIpc) is 3.63. The van der Waals surface area contributed by atoms with Gasteiger partial charge in [0.15, 0.2) is 17.1 Å². The monoisotopic (exact) mass is 676 g/mol. The van der Waals surface area contributed by atoms with Gasteiger partial charge in [0.1, 0.15) is 40.7 Å². The molecule has 262 valence electrons. The number of fused-ring (bicyclic) bond motifs is 4. The first kappa shape index (κ1) is 34.3. The fourth-order valence-corrected chi connectivity index (χ4v) is 7.82. The number of methoxy groups -OCH3 is 4. The Balaban J connectivity index is 1.62. The second kappa shape index (κ2) is 12.7. The molecule has 1 saturated carbocycles. The van der Waals surface area contributed by atoms with E-state index in [1.54, 1.807) is 37.3 Å². The van der Waals surface area contributed by atoms with Crippen LogP contribution in [-0.4, -0.2) is 84.9 Å². The van der Waals surface area contributed by atoms with Gasteiger partial charge in [-0.05, 0) is 43.9 Å². The molecule has 2 aliphatic heterocycles. The SMILES string of the molecule is CC[C@@](C)(O)C(=O)N[C@@H]1CCCN1C(=O)[C@@H]1[C@@H](c2ccccc2)[C@]2(c3ccc(OC)c(OC)c3)Oc3cc(OC)cc(OC)c3[C@@]1(O)[C@H]2O. The maximum absolute atomic E-state index is 15.2. The Hall–Kier alpha value is -4.52. The molecule has 2 amide bonds. The Kier molecular flexibility index (Phi) is 8.93. The van der Waals surface area contributed by atoms with Crippen molar-refractivity contribution >= 4 is 11.8 Å². The molecule has 2 bridgehead atoms. The van der Waals surface area contributed by atoms with Gasteiger partial charge in [-0.15, -0.1) is 0 Å². The zero-order valence-corrected chi connectivity index (χ0v) is 28.6. The first-order valence-electron chi connectivity index (χ1n) is 16.4. The van der Waals surface area contributed by atoms with Crippen LogP contribution < -0.4 is 29.0 Å². The number of hydrogen-bond acceptors (Lipinski definition) is 10. The van der Waals surface area contributed by atoms with Gasteiger partial charge in [0.05, 0.1) is 39.9 Å². The maximum Gasteiger partial charge on any atom is 0.253 e. The van der Waals surface area contributed by atoms with Gasteiger partial charge in [-0.25, -0.2) is 0 Å². The van der Waals surface area contributed by atoms with E-state index < -0.39 is 52.7 Å². The smallest absolute Gasteiger partial charge is 0.253 e. The number of rotatable bonds is 10. The number of benzene rings is 3. The number of hydrogen-bond donors (Lipinski definition) is 4. The molecule has 1 saturated heterocycles. The van der Waals surface area contributed by atoms with Crippen LogP contribution in [0.4, 0.5) is 0 Å².